The summed E-state index contributed by atoms with van der Waals surface area (Å²) in [7, 11) is 0. The number of hydrogen-bond donors (Lipinski definition) is 1. The zero-order valence-corrected chi connectivity index (χ0v) is 15.5. The largest absolute Gasteiger partial charge is 0.339 e. The van der Waals surface area contributed by atoms with E-state index in [9.17, 15) is 0 Å². The van der Waals surface area contributed by atoms with E-state index < -0.39 is 0 Å². The Bertz CT molecular complexity index is 1110. The summed E-state index contributed by atoms with van der Waals surface area (Å²) in [5, 5.41) is 5.49. The van der Waals surface area contributed by atoms with Gasteiger partial charge in [-0.3, -0.25) is 0 Å². The normalized spacial score (nSPS) is 10.9. The summed E-state index contributed by atoms with van der Waals surface area (Å²) in [5.74, 6) is 1.30. The van der Waals surface area contributed by atoms with Gasteiger partial charge in [-0.25, -0.2) is 9.97 Å². The predicted molar refractivity (Wildman–Crippen MR) is 109 cm³/mol. The number of nitrogens with zero attached hydrogens (tertiary/aromatic N) is 2. The van der Waals surface area contributed by atoms with Crippen molar-refractivity contribution in [1.82, 2.24) is 9.97 Å². The third kappa shape index (κ3) is 3.24. The maximum atomic E-state index is 6.37. The Morgan fingerprint density at radius 3 is 2.42 bits per heavy atom. The summed E-state index contributed by atoms with van der Waals surface area (Å²) in [6.07, 6.45) is 0. The highest BCUT2D eigenvalue weighted by molar-refractivity contribution is 6.36. The van der Waals surface area contributed by atoms with Crippen molar-refractivity contribution in [2.75, 3.05) is 5.32 Å². The van der Waals surface area contributed by atoms with E-state index >= 15 is 0 Å². The molecule has 0 spiro atoms. The Balaban J connectivity index is 1.90. The number of halogens is 2. The smallest absolute Gasteiger partial charge is 0.163 e. The van der Waals surface area contributed by atoms with Crippen LogP contribution in [0.15, 0.2) is 66.7 Å². The van der Waals surface area contributed by atoms with Crippen LogP contribution in [0.4, 0.5) is 11.5 Å². The number of anilines is 2. The number of aromatic nitrogens is 2. The zero-order chi connectivity index (χ0) is 18.1. The third-order valence-corrected chi connectivity index (χ3v) is 4.72. The first-order valence-corrected chi connectivity index (χ1v) is 8.92. The minimum Gasteiger partial charge on any atom is -0.339 e. The molecule has 0 saturated carbocycles. The van der Waals surface area contributed by atoms with Crippen molar-refractivity contribution in [3.8, 4) is 11.4 Å². The molecule has 3 aromatic carbocycles. The predicted octanol–water partition coefficient (Wildman–Crippen LogP) is 6.66. The molecular formula is C21H15Cl2N3. The summed E-state index contributed by atoms with van der Waals surface area (Å²) < 4.78 is 0. The highest BCUT2D eigenvalue weighted by atomic mass is 35.5. The quantitative estimate of drug-likeness (QED) is 0.432. The topological polar surface area (TPSA) is 37.8 Å². The third-order valence-electron chi connectivity index (χ3n) is 4.17. The number of nitrogens with one attached hydrogen (secondary N) is 1. The van der Waals surface area contributed by atoms with Crippen LogP contribution in [-0.4, -0.2) is 9.97 Å². The van der Waals surface area contributed by atoms with Gasteiger partial charge in [0.1, 0.15) is 5.82 Å². The highest BCUT2D eigenvalue weighted by Gasteiger charge is 2.13. The second kappa shape index (κ2) is 6.94. The molecule has 1 N–H and O–H groups in total. The molecule has 0 atom stereocenters. The Morgan fingerprint density at radius 2 is 1.62 bits per heavy atom. The first-order chi connectivity index (χ1) is 12.6. The fourth-order valence-electron chi connectivity index (χ4n) is 2.80. The van der Waals surface area contributed by atoms with E-state index in [0.717, 1.165) is 33.5 Å². The van der Waals surface area contributed by atoms with Crippen molar-refractivity contribution in [2.24, 2.45) is 0 Å². The lowest BCUT2D eigenvalue weighted by Gasteiger charge is -2.13. The molecule has 0 unspecified atom stereocenters. The molecule has 128 valence electrons. The molecule has 0 aliphatic rings. The van der Waals surface area contributed by atoms with E-state index in [2.05, 4.69) is 23.3 Å². The molecule has 4 rings (SSSR count). The van der Waals surface area contributed by atoms with Crippen LogP contribution in [0.25, 0.3) is 22.3 Å². The van der Waals surface area contributed by atoms with Gasteiger partial charge in [-0.15, -0.1) is 0 Å². The van der Waals surface area contributed by atoms with E-state index in [1.165, 1.54) is 0 Å². The molecule has 3 nitrogen and oxygen atoms in total. The first-order valence-electron chi connectivity index (χ1n) is 8.17. The molecule has 0 saturated heterocycles. The van der Waals surface area contributed by atoms with E-state index in [4.69, 9.17) is 28.2 Å². The molecule has 1 aromatic heterocycles. The van der Waals surface area contributed by atoms with Crippen LogP contribution >= 0.6 is 23.2 Å². The van der Waals surface area contributed by atoms with Crippen molar-refractivity contribution in [3.05, 3.63) is 82.3 Å². The Labute approximate surface area is 161 Å². The zero-order valence-electron chi connectivity index (χ0n) is 14.0. The van der Waals surface area contributed by atoms with Crippen molar-refractivity contribution < 1.29 is 0 Å². The van der Waals surface area contributed by atoms with Gasteiger partial charge in [-0.05, 0) is 48.9 Å². The molecule has 4 aromatic rings. The fraction of sp³-hybridized carbons (Fsp3) is 0.0476. The molecule has 1 heterocycles. The molecule has 0 aliphatic heterocycles. The molecule has 26 heavy (non-hydrogen) atoms. The van der Waals surface area contributed by atoms with E-state index in [-0.39, 0.29) is 0 Å². The summed E-state index contributed by atoms with van der Waals surface area (Å²) in [5.41, 5.74) is 3.74. The minimum atomic E-state index is 0.523. The lowest BCUT2D eigenvalue weighted by molar-refractivity contribution is 1.22. The van der Waals surface area contributed by atoms with Gasteiger partial charge >= 0.3 is 0 Å². The Morgan fingerprint density at radius 1 is 0.846 bits per heavy atom. The van der Waals surface area contributed by atoms with Crippen LogP contribution in [0.2, 0.25) is 10.0 Å². The van der Waals surface area contributed by atoms with E-state index in [1.54, 1.807) is 12.1 Å². The van der Waals surface area contributed by atoms with Crippen LogP contribution in [-0.2, 0) is 0 Å². The number of hydrogen-bond acceptors (Lipinski definition) is 3. The second-order valence-electron chi connectivity index (χ2n) is 5.98. The van der Waals surface area contributed by atoms with Gasteiger partial charge in [0.2, 0.25) is 0 Å². The van der Waals surface area contributed by atoms with Gasteiger partial charge in [0.25, 0.3) is 0 Å². The van der Waals surface area contributed by atoms with Crippen LogP contribution < -0.4 is 5.32 Å². The Hall–Kier alpha value is -2.62. The molecule has 0 bridgehead atoms. The van der Waals surface area contributed by atoms with Gasteiger partial charge in [0.05, 0.1) is 10.5 Å². The first kappa shape index (κ1) is 16.8. The molecular weight excluding hydrogens is 365 g/mol. The van der Waals surface area contributed by atoms with E-state index in [0.29, 0.717) is 15.9 Å². The Kier molecular flexibility index (Phi) is 4.49. The van der Waals surface area contributed by atoms with E-state index in [1.807, 2.05) is 48.5 Å². The molecule has 0 radical (unpaired) electrons. The van der Waals surface area contributed by atoms with Gasteiger partial charge in [-0.1, -0.05) is 53.5 Å². The average molecular weight is 380 g/mol. The lowest BCUT2D eigenvalue weighted by atomic mass is 10.1. The SMILES string of the molecule is Cc1ccccc1Nc1nc(-c2ccc(Cl)cc2Cl)nc2ccccc12. The monoisotopic (exact) mass is 379 g/mol. The van der Waals surface area contributed by atoms with Gasteiger partial charge in [-0.2, -0.15) is 0 Å². The lowest BCUT2D eigenvalue weighted by Crippen LogP contribution is -2.00. The number of aryl methyl sites for hydroxylation is 1. The molecule has 0 aliphatic carbocycles. The summed E-state index contributed by atoms with van der Waals surface area (Å²) in [6, 6.07) is 21.3. The van der Waals surface area contributed by atoms with Crippen LogP contribution in [0.1, 0.15) is 5.56 Å². The van der Waals surface area contributed by atoms with Crippen molar-refractivity contribution in [2.45, 2.75) is 6.92 Å². The molecule has 0 fully saturated rings. The van der Waals surface area contributed by atoms with Crippen molar-refractivity contribution >= 4 is 45.6 Å². The van der Waals surface area contributed by atoms with Crippen molar-refractivity contribution in [3.63, 3.8) is 0 Å². The van der Waals surface area contributed by atoms with Crippen LogP contribution in [0.5, 0.6) is 0 Å². The number of para-hydroxylation sites is 2. The molecule has 5 heteroatoms. The van der Waals surface area contributed by atoms with Crippen LogP contribution in [0, 0.1) is 6.92 Å². The minimum absolute atomic E-state index is 0.523. The average Bonchev–Trinajstić information content (AvgIpc) is 2.63. The van der Waals surface area contributed by atoms with Crippen molar-refractivity contribution in [1.29, 1.82) is 0 Å². The number of fused-ring (bicyclic) bond motifs is 1. The maximum absolute atomic E-state index is 6.37. The summed E-state index contributed by atoms with van der Waals surface area (Å²) >= 11 is 12.4. The summed E-state index contributed by atoms with van der Waals surface area (Å²) in [4.78, 5) is 9.43. The standard InChI is InChI=1S/C21H15Cl2N3/c1-13-6-2-4-8-18(13)24-21-16-7-3-5-9-19(16)25-20(26-21)15-11-10-14(22)12-17(15)23/h2-12H,1H3,(H,24,25,26). The van der Waals surface area contributed by atoms with Gasteiger partial charge < -0.3 is 5.32 Å². The molecule has 0 amide bonds. The van der Waals surface area contributed by atoms with Gasteiger partial charge in [0.15, 0.2) is 5.82 Å². The fourth-order valence-corrected chi connectivity index (χ4v) is 3.30. The number of benzene rings is 3. The second-order valence-corrected chi connectivity index (χ2v) is 6.82. The highest BCUT2D eigenvalue weighted by Crippen LogP contribution is 2.32. The van der Waals surface area contributed by atoms with Crippen LogP contribution in [0.3, 0.4) is 0 Å². The number of rotatable bonds is 3. The summed E-state index contributed by atoms with van der Waals surface area (Å²) in [6.45, 7) is 2.06. The van der Waals surface area contributed by atoms with Gasteiger partial charge in [0, 0.05) is 21.7 Å². The maximum Gasteiger partial charge on any atom is 0.163 e.